The second-order valence-corrected chi connectivity index (χ2v) is 5.02. The van der Waals surface area contributed by atoms with Crippen molar-refractivity contribution in [2.45, 2.75) is 58.0 Å². The molecule has 0 saturated heterocycles. The van der Waals surface area contributed by atoms with Crippen LogP contribution in [-0.2, 0) is 6.54 Å². The molecule has 0 amide bonds. The Kier molecular flexibility index (Phi) is 5.52. The van der Waals surface area contributed by atoms with Crippen LogP contribution >= 0.6 is 0 Å². The highest BCUT2D eigenvalue weighted by atomic mass is 16.5. The quantitative estimate of drug-likeness (QED) is 0.650. The van der Waals surface area contributed by atoms with Gasteiger partial charge in [-0.2, -0.15) is 5.10 Å². The first kappa shape index (κ1) is 13.4. The third-order valence-corrected chi connectivity index (χ3v) is 3.28. The van der Waals surface area contributed by atoms with Crippen LogP contribution < -0.4 is 10.1 Å². The van der Waals surface area contributed by atoms with Gasteiger partial charge in [-0.05, 0) is 39.2 Å². The van der Waals surface area contributed by atoms with Crippen LogP contribution in [0.5, 0.6) is 5.75 Å². The van der Waals surface area contributed by atoms with Crippen molar-refractivity contribution in [3.8, 4) is 5.75 Å². The average molecular weight is 251 g/mol. The van der Waals surface area contributed by atoms with E-state index in [9.17, 15) is 0 Å². The predicted octanol–water partition coefficient (Wildman–Crippen LogP) is 2.59. The van der Waals surface area contributed by atoms with Crippen LogP contribution in [0.15, 0.2) is 12.4 Å². The third kappa shape index (κ3) is 5.08. The second-order valence-electron chi connectivity index (χ2n) is 5.02. The molecule has 18 heavy (non-hydrogen) atoms. The van der Waals surface area contributed by atoms with Crippen LogP contribution in [0.2, 0.25) is 0 Å². The van der Waals surface area contributed by atoms with Crippen molar-refractivity contribution >= 4 is 0 Å². The zero-order valence-corrected chi connectivity index (χ0v) is 11.4. The maximum absolute atomic E-state index is 5.64. The van der Waals surface area contributed by atoms with Crippen LogP contribution in [0.4, 0.5) is 0 Å². The maximum Gasteiger partial charge on any atom is 0.157 e. The van der Waals surface area contributed by atoms with E-state index in [1.165, 1.54) is 38.6 Å². The van der Waals surface area contributed by atoms with Crippen molar-refractivity contribution in [3.05, 3.63) is 12.4 Å². The number of nitrogens with zero attached hydrogens (tertiary/aromatic N) is 2. The SMILES string of the molecule is CCn1cc(OCCCCCCNC2CC2)cn1. The van der Waals surface area contributed by atoms with E-state index in [4.69, 9.17) is 4.74 Å². The molecule has 4 nitrogen and oxygen atoms in total. The lowest BCUT2D eigenvalue weighted by molar-refractivity contribution is 0.304. The number of ether oxygens (including phenoxy) is 1. The Hall–Kier alpha value is -1.03. The molecule has 0 bridgehead atoms. The molecule has 4 heteroatoms. The number of aryl methyl sites for hydroxylation is 1. The fraction of sp³-hybridized carbons (Fsp3) is 0.786. The summed E-state index contributed by atoms with van der Waals surface area (Å²) in [5.74, 6) is 0.896. The Morgan fingerprint density at radius 3 is 2.89 bits per heavy atom. The zero-order chi connectivity index (χ0) is 12.6. The van der Waals surface area contributed by atoms with E-state index in [0.717, 1.165) is 31.4 Å². The maximum atomic E-state index is 5.64. The molecule has 0 aromatic carbocycles. The summed E-state index contributed by atoms with van der Waals surface area (Å²) in [4.78, 5) is 0. The smallest absolute Gasteiger partial charge is 0.157 e. The van der Waals surface area contributed by atoms with Crippen LogP contribution in [0.1, 0.15) is 45.4 Å². The number of rotatable bonds is 10. The molecule has 1 heterocycles. The van der Waals surface area contributed by atoms with Gasteiger partial charge in [-0.15, -0.1) is 0 Å². The fourth-order valence-electron chi connectivity index (χ4n) is 1.96. The topological polar surface area (TPSA) is 39.1 Å². The van der Waals surface area contributed by atoms with Crippen molar-refractivity contribution in [3.63, 3.8) is 0 Å². The van der Waals surface area contributed by atoms with Gasteiger partial charge in [0.1, 0.15) is 0 Å². The molecule has 0 aliphatic heterocycles. The van der Waals surface area contributed by atoms with Gasteiger partial charge in [0, 0.05) is 12.6 Å². The molecule has 1 N–H and O–H groups in total. The lowest BCUT2D eigenvalue weighted by Crippen LogP contribution is -2.17. The number of hydrogen-bond acceptors (Lipinski definition) is 3. The first-order valence-corrected chi connectivity index (χ1v) is 7.27. The normalized spacial score (nSPS) is 14.9. The van der Waals surface area contributed by atoms with Gasteiger partial charge >= 0.3 is 0 Å². The summed E-state index contributed by atoms with van der Waals surface area (Å²) in [6, 6.07) is 0.850. The molecule has 0 spiro atoms. The standard InChI is InChI=1S/C14H25N3O/c1-2-17-12-14(11-16-17)18-10-6-4-3-5-9-15-13-7-8-13/h11-13,15H,2-10H2,1H3. The first-order valence-electron chi connectivity index (χ1n) is 7.27. The summed E-state index contributed by atoms with van der Waals surface area (Å²) in [6.45, 7) is 4.98. The van der Waals surface area contributed by atoms with Crippen molar-refractivity contribution in [2.24, 2.45) is 0 Å². The Morgan fingerprint density at radius 1 is 1.33 bits per heavy atom. The van der Waals surface area contributed by atoms with Gasteiger partial charge in [0.05, 0.1) is 19.0 Å². The van der Waals surface area contributed by atoms with E-state index in [2.05, 4.69) is 17.3 Å². The Balaban J connectivity index is 1.40. The number of aromatic nitrogens is 2. The monoisotopic (exact) mass is 251 g/mol. The van der Waals surface area contributed by atoms with E-state index in [0.29, 0.717) is 0 Å². The Labute approximate surface area is 110 Å². The third-order valence-electron chi connectivity index (χ3n) is 3.28. The summed E-state index contributed by atoms with van der Waals surface area (Å²) in [7, 11) is 0. The van der Waals surface area contributed by atoms with E-state index in [1.807, 2.05) is 10.9 Å². The van der Waals surface area contributed by atoms with Crippen molar-refractivity contribution in [1.29, 1.82) is 0 Å². The first-order chi connectivity index (χ1) is 8.88. The lowest BCUT2D eigenvalue weighted by Gasteiger charge is -2.04. The van der Waals surface area contributed by atoms with Gasteiger partial charge in [0.25, 0.3) is 0 Å². The minimum atomic E-state index is 0.811. The molecule has 1 saturated carbocycles. The molecule has 102 valence electrons. The Morgan fingerprint density at radius 2 is 2.17 bits per heavy atom. The highest BCUT2D eigenvalue weighted by Gasteiger charge is 2.19. The highest BCUT2D eigenvalue weighted by Crippen LogP contribution is 2.18. The second kappa shape index (κ2) is 7.41. The number of unbranched alkanes of at least 4 members (excludes halogenated alkanes) is 3. The molecular weight excluding hydrogens is 226 g/mol. The van der Waals surface area contributed by atoms with Gasteiger partial charge < -0.3 is 10.1 Å². The summed E-state index contributed by atoms with van der Waals surface area (Å²) in [5.41, 5.74) is 0. The molecule has 1 aliphatic carbocycles. The molecule has 1 aliphatic rings. The summed E-state index contributed by atoms with van der Waals surface area (Å²) in [5, 5.41) is 7.72. The van der Waals surface area contributed by atoms with Crippen LogP contribution in [-0.4, -0.2) is 29.0 Å². The molecule has 1 aromatic heterocycles. The fourth-order valence-corrected chi connectivity index (χ4v) is 1.96. The van der Waals surface area contributed by atoms with Gasteiger partial charge in [-0.1, -0.05) is 12.8 Å². The molecule has 1 aromatic rings. The van der Waals surface area contributed by atoms with Crippen molar-refractivity contribution < 1.29 is 4.74 Å². The van der Waals surface area contributed by atoms with E-state index in [-0.39, 0.29) is 0 Å². The number of nitrogens with one attached hydrogen (secondary N) is 1. The van der Waals surface area contributed by atoms with E-state index < -0.39 is 0 Å². The molecule has 1 fully saturated rings. The summed E-state index contributed by atoms with van der Waals surface area (Å²) in [6.07, 6.45) is 11.5. The van der Waals surface area contributed by atoms with E-state index in [1.54, 1.807) is 6.20 Å². The minimum absolute atomic E-state index is 0.811. The van der Waals surface area contributed by atoms with Crippen LogP contribution in [0.3, 0.4) is 0 Å². The van der Waals surface area contributed by atoms with Gasteiger partial charge in [0.2, 0.25) is 0 Å². The molecule has 0 atom stereocenters. The summed E-state index contributed by atoms with van der Waals surface area (Å²) >= 11 is 0. The van der Waals surface area contributed by atoms with Gasteiger partial charge in [-0.3, -0.25) is 4.68 Å². The van der Waals surface area contributed by atoms with Crippen molar-refractivity contribution in [2.75, 3.05) is 13.2 Å². The van der Waals surface area contributed by atoms with Crippen LogP contribution in [0.25, 0.3) is 0 Å². The molecule has 0 unspecified atom stereocenters. The van der Waals surface area contributed by atoms with Crippen molar-refractivity contribution in [1.82, 2.24) is 15.1 Å². The van der Waals surface area contributed by atoms with Gasteiger partial charge in [-0.25, -0.2) is 0 Å². The minimum Gasteiger partial charge on any atom is -0.490 e. The van der Waals surface area contributed by atoms with E-state index >= 15 is 0 Å². The predicted molar refractivity (Wildman–Crippen MR) is 72.9 cm³/mol. The van der Waals surface area contributed by atoms with Crippen LogP contribution in [0, 0.1) is 0 Å². The highest BCUT2D eigenvalue weighted by molar-refractivity contribution is 5.11. The van der Waals surface area contributed by atoms with Gasteiger partial charge in [0.15, 0.2) is 5.75 Å². The Bertz CT molecular complexity index is 334. The summed E-state index contributed by atoms with van der Waals surface area (Å²) < 4.78 is 7.53. The lowest BCUT2D eigenvalue weighted by atomic mass is 10.2. The average Bonchev–Trinajstić information content (AvgIpc) is 3.10. The number of hydrogen-bond donors (Lipinski definition) is 1. The molecular formula is C14H25N3O. The molecule has 2 rings (SSSR count). The molecule has 0 radical (unpaired) electrons. The largest absolute Gasteiger partial charge is 0.490 e. The zero-order valence-electron chi connectivity index (χ0n) is 11.4.